The molecule has 1 aromatic rings. The number of ether oxygens (including phenoxy) is 1. The van der Waals surface area contributed by atoms with Gasteiger partial charge in [-0.2, -0.15) is 0 Å². The Labute approximate surface area is 106 Å². The van der Waals surface area contributed by atoms with Gasteiger partial charge in [0, 0.05) is 18.8 Å². The zero-order valence-electron chi connectivity index (χ0n) is 10.4. The summed E-state index contributed by atoms with van der Waals surface area (Å²) in [6.45, 7) is 4.95. The minimum absolute atomic E-state index is 0.0527. The third kappa shape index (κ3) is 1.85. The number of hydrazine groups is 1. The van der Waals surface area contributed by atoms with Crippen molar-refractivity contribution < 1.29 is 9.53 Å². The fraction of sp³-hybridized carbons (Fsp3) is 0.462. The maximum Gasteiger partial charge on any atom is 0.336 e. The van der Waals surface area contributed by atoms with Crippen LogP contribution in [0.5, 0.6) is 0 Å². The molecule has 2 heterocycles. The Balaban J connectivity index is 1.90. The molecule has 2 aliphatic heterocycles. The number of nitrogens with one attached hydrogen (secondary N) is 1. The first-order valence-electron chi connectivity index (χ1n) is 6.29. The first kappa shape index (κ1) is 11.5. The Morgan fingerprint density at radius 1 is 1.28 bits per heavy atom. The van der Waals surface area contributed by atoms with Crippen LogP contribution in [0.15, 0.2) is 24.3 Å². The van der Waals surface area contributed by atoms with Gasteiger partial charge in [0.25, 0.3) is 0 Å². The van der Waals surface area contributed by atoms with E-state index in [4.69, 9.17) is 4.74 Å². The minimum Gasteiger partial charge on any atom is -0.379 e. The molecule has 5 heteroatoms. The highest BCUT2D eigenvalue weighted by Gasteiger charge is 2.33. The molecule has 1 fully saturated rings. The Morgan fingerprint density at radius 2 is 2.00 bits per heavy atom. The molecule has 0 spiro atoms. The number of urea groups is 1. The predicted octanol–water partition coefficient (Wildman–Crippen LogP) is 1.84. The first-order chi connectivity index (χ1) is 8.77. The third-order valence-electron chi connectivity index (χ3n) is 3.52. The van der Waals surface area contributed by atoms with E-state index in [9.17, 15) is 4.79 Å². The number of benzene rings is 1. The SMILES string of the molecule is C[C@H]1c2ccccc2NC(=O)N1N1CCOCC1. The highest BCUT2D eigenvalue weighted by atomic mass is 16.5. The number of hydrogen-bond acceptors (Lipinski definition) is 3. The molecule has 2 amide bonds. The van der Waals surface area contributed by atoms with Gasteiger partial charge in [0.05, 0.1) is 19.3 Å². The summed E-state index contributed by atoms with van der Waals surface area (Å²) in [4.78, 5) is 12.2. The second-order valence-electron chi connectivity index (χ2n) is 4.60. The summed E-state index contributed by atoms with van der Waals surface area (Å²) in [6, 6.07) is 7.96. The Hall–Kier alpha value is -1.59. The summed E-state index contributed by atoms with van der Waals surface area (Å²) in [5, 5.41) is 6.82. The number of anilines is 1. The van der Waals surface area contributed by atoms with Gasteiger partial charge < -0.3 is 10.1 Å². The molecule has 0 radical (unpaired) electrons. The lowest BCUT2D eigenvalue weighted by Crippen LogP contribution is -2.55. The van der Waals surface area contributed by atoms with Crippen molar-refractivity contribution in [1.29, 1.82) is 0 Å². The van der Waals surface area contributed by atoms with Crippen LogP contribution >= 0.6 is 0 Å². The second kappa shape index (κ2) is 4.59. The highest BCUT2D eigenvalue weighted by Crippen LogP contribution is 2.33. The molecule has 2 aliphatic rings. The van der Waals surface area contributed by atoms with Gasteiger partial charge in [0.15, 0.2) is 0 Å². The smallest absolute Gasteiger partial charge is 0.336 e. The Kier molecular flexibility index (Phi) is 2.93. The molecule has 0 bridgehead atoms. The van der Waals surface area contributed by atoms with E-state index in [-0.39, 0.29) is 12.1 Å². The summed E-state index contributed by atoms with van der Waals surface area (Å²) >= 11 is 0. The van der Waals surface area contributed by atoms with Crippen LogP contribution in [-0.2, 0) is 4.74 Å². The van der Waals surface area contributed by atoms with E-state index in [0.29, 0.717) is 13.2 Å². The minimum atomic E-state index is -0.0527. The number of carbonyl (C=O) groups is 1. The van der Waals surface area contributed by atoms with Gasteiger partial charge in [-0.05, 0) is 18.6 Å². The molecular weight excluding hydrogens is 230 g/mol. The number of para-hydroxylation sites is 1. The van der Waals surface area contributed by atoms with Crippen molar-refractivity contribution >= 4 is 11.7 Å². The molecule has 3 rings (SSSR count). The summed E-state index contributed by atoms with van der Waals surface area (Å²) < 4.78 is 5.33. The standard InChI is InChI=1S/C13H17N3O2/c1-10-11-4-2-3-5-12(11)14-13(17)16(10)15-6-8-18-9-7-15/h2-5,10H,6-9H2,1H3,(H,14,17)/t10-/m0/s1. The normalized spacial score (nSPS) is 24.6. The van der Waals surface area contributed by atoms with Gasteiger partial charge in [-0.3, -0.25) is 0 Å². The monoisotopic (exact) mass is 247 g/mol. The number of morpholine rings is 1. The molecule has 1 atom stereocenters. The Morgan fingerprint density at radius 3 is 2.78 bits per heavy atom. The quantitative estimate of drug-likeness (QED) is 0.823. The molecule has 1 saturated heterocycles. The van der Waals surface area contributed by atoms with Crippen LogP contribution in [0.2, 0.25) is 0 Å². The lowest BCUT2D eigenvalue weighted by Gasteiger charge is -2.43. The average molecular weight is 247 g/mol. The molecule has 0 aromatic heterocycles. The van der Waals surface area contributed by atoms with Gasteiger partial charge in [-0.1, -0.05) is 18.2 Å². The van der Waals surface area contributed by atoms with Crippen molar-refractivity contribution in [2.24, 2.45) is 0 Å². The van der Waals surface area contributed by atoms with E-state index < -0.39 is 0 Å². The van der Waals surface area contributed by atoms with Crippen LogP contribution < -0.4 is 5.32 Å². The van der Waals surface area contributed by atoms with Crippen LogP contribution in [0.25, 0.3) is 0 Å². The van der Waals surface area contributed by atoms with Crippen LogP contribution in [0.1, 0.15) is 18.5 Å². The summed E-state index contributed by atoms with van der Waals surface area (Å²) in [7, 11) is 0. The van der Waals surface area contributed by atoms with Gasteiger partial charge in [-0.25, -0.2) is 14.8 Å². The molecule has 1 aromatic carbocycles. The number of nitrogens with zero attached hydrogens (tertiary/aromatic N) is 2. The molecule has 18 heavy (non-hydrogen) atoms. The van der Waals surface area contributed by atoms with Gasteiger partial charge in [0.2, 0.25) is 0 Å². The van der Waals surface area contributed by atoms with E-state index in [1.54, 1.807) is 0 Å². The van der Waals surface area contributed by atoms with Crippen LogP contribution in [-0.4, -0.2) is 42.4 Å². The second-order valence-corrected chi connectivity index (χ2v) is 4.60. The molecule has 96 valence electrons. The summed E-state index contributed by atoms with van der Waals surface area (Å²) in [5.41, 5.74) is 2.07. The average Bonchev–Trinajstić information content (AvgIpc) is 2.40. The largest absolute Gasteiger partial charge is 0.379 e. The van der Waals surface area contributed by atoms with Gasteiger partial charge in [-0.15, -0.1) is 0 Å². The third-order valence-corrected chi connectivity index (χ3v) is 3.52. The van der Waals surface area contributed by atoms with Crippen LogP contribution in [0, 0.1) is 0 Å². The topological polar surface area (TPSA) is 44.8 Å². The number of hydrogen-bond donors (Lipinski definition) is 1. The van der Waals surface area contributed by atoms with Gasteiger partial charge >= 0.3 is 6.03 Å². The van der Waals surface area contributed by atoms with Crippen molar-refractivity contribution in [2.45, 2.75) is 13.0 Å². The van der Waals surface area contributed by atoms with Crippen molar-refractivity contribution in [2.75, 3.05) is 31.6 Å². The number of rotatable bonds is 1. The van der Waals surface area contributed by atoms with E-state index in [1.165, 1.54) is 0 Å². The lowest BCUT2D eigenvalue weighted by molar-refractivity contribution is -0.0783. The first-order valence-corrected chi connectivity index (χ1v) is 6.29. The van der Waals surface area contributed by atoms with E-state index in [1.807, 2.05) is 23.2 Å². The van der Waals surface area contributed by atoms with Crippen molar-refractivity contribution in [1.82, 2.24) is 10.0 Å². The van der Waals surface area contributed by atoms with Crippen molar-refractivity contribution in [3.05, 3.63) is 29.8 Å². The van der Waals surface area contributed by atoms with Gasteiger partial charge in [0.1, 0.15) is 0 Å². The van der Waals surface area contributed by atoms with Crippen molar-refractivity contribution in [3.63, 3.8) is 0 Å². The number of carbonyl (C=O) groups excluding carboxylic acids is 1. The number of amides is 2. The predicted molar refractivity (Wildman–Crippen MR) is 68.1 cm³/mol. The van der Waals surface area contributed by atoms with E-state index >= 15 is 0 Å². The lowest BCUT2D eigenvalue weighted by atomic mass is 10.0. The van der Waals surface area contributed by atoms with Crippen molar-refractivity contribution in [3.8, 4) is 0 Å². The summed E-state index contributed by atoms with van der Waals surface area (Å²) in [6.07, 6.45) is 0. The van der Waals surface area contributed by atoms with Crippen LogP contribution in [0.4, 0.5) is 10.5 Å². The zero-order valence-corrected chi connectivity index (χ0v) is 10.4. The molecule has 1 N–H and O–H groups in total. The molecular formula is C13H17N3O2. The molecule has 5 nitrogen and oxygen atoms in total. The van der Waals surface area contributed by atoms with E-state index in [2.05, 4.69) is 23.3 Å². The molecule has 0 aliphatic carbocycles. The maximum absolute atomic E-state index is 12.2. The fourth-order valence-corrected chi connectivity index (χ4v) is 2.60. The highest BCUT2D eigenvalue weighted by molar-refractivity contribution is 5.92. The van der Waals surface area contributed by atoms with Crippen LogP contribution in [0.3, 0.4) is 0 Å². The Bertz CT molecular complexity index is 457. The zero-order chi connectivity index (χ0) is 12.5. The molecule has 0 unspecified atom stereocenters. The molecule has 0 saturated carbocycles. The summed E-state index contributed by atoms with van der Waals surface area (Å²) in [5.74, 6) is 0. The van der Waals surface area contributed by atoms with E-state index in [0.717, 1.165) is 24.3 Å². The number of fused-ring (bicyclic) bond motifs is 1. The fourth-order valence-electron chi connectivity index (χ4n) is 2.60. The maximum atomic E-state index is 12.2.